The van der Waals surface area contributed by atoms with Crippen LogP contribution in [0.15, 0.2) is 6.07 Å². The zero-order valence-corrected chi connectivity index (χ0v) is 10.6. The topological polar surface area (TPSA) is 30.5 Å². The van der Waals surface area contributed by atoms with Gasteiger partial charge in [-0.05, 0) is 32.4 Å². The molecule has 1 rings (SSSR count). The number of hydrogen-bond acceptors (Lipinski definition) is 4. The zero-order valence-electron chi connectivity index (χ0n) is 9.79. The first-order valence-corrected chi connectivity index (χ1v) is 5.90. The van der Waals surface area contributed by atoms with Crippen molar-refractivity contribution in [3.63, 3.8) is 0 Å². The lowest BCUT2D eigenvalue weighted by molar-refractivity contribution is -0.00927. The van der Waals surface area contributed by atoms with Crippen LogP contribution in [0.25, 0.3) is 0 Å². The van der Waals surface area contributed by atoms with Crippen molar-refractivity contribution < 1.29 is 9.57 Å². The Bertz CT molecular complexity index is 299. The van der Waals surface area contributed by atoms with E-state index in [1.807, 2.05) is 11.3 Å². The first-order chi connectivity index (χ1) is 7.15. The van der Waals surface area contributed by atoms with Crippen LogP contribution in [0.4, 0.5) is 0 Å². The first kappa shape index (κ1) is 12.6. The molecular formula is C11H19NO2S. The number of hydrogen-bond donors (Lipinski definition) is 1. The van der Waals surface area contributed by atoms with E-state index in [-0.39, 0.29) is 6.04 Å². The summed E-state index contributed by atoms with van der Waals surface area (Å²) in [6, 6.07) is 2.43. The van der Waals surface area contributed by atoms with Crippen molar-refractivity contribution in [1.82, 2.24) is 5.48 Å². The highest BCUT2D eigenvalue weighted by Crippen LogP contribution is 2.25. The summed E-state index contributed by atoms with van der Waals surface area (Å²) in [6.45, 7) is 7.55. The van der Waals surface area contributed by atoms with Gasteiger partial charge in [-0.15, -0.1) is 11.3 Å². The highest BCUT2D eigenvalue weighted by Gasteiger charge is 2.10. The van der Waals surface area contributed by atoms with Gasteiger partial charge in [-0.1, -0.05) is 0 Å². The van der Waals surface area contributed by atoms with Crippen molar-refractivity contribution in [2.24, 2.45) is 0 Å². The summed E-state index contributed by atoms with van der Waals surface area (Å²) in [4.78, 5) is 7.97. The Balaban J connectivity index is 2.39. The lowest BCUT2D eigenvalue weighted by Crippen LogP contribution is -2.21. The van der Waals surface area contributed by atoms with E-state index in [0.29, 0.717) is 13.2 Å². The molecule has 1 aromatic rings. The maximum absolute atomic E-state index is 5.28. The molecule has 0 saturated carbocycles. The molecule has 0 aliphatic rings. The molecule has 15 heavy (non-hydrogen) atoms. The fraction of sp³-hybridized carbons (Fsp3) is 0.636. The summed E-state index contributed by atoms with van der Waals surface area (Å²) in [5, 5.41) is 0. The van der Waals surface area contributed by atoms with Crippen LogP contribution in [0.5, 0.6) is 0 Å². The average Bonchev–Trinajstić information content (AvgIpc) is 2.52. The fourth-order valence-electron chi connectivity index (χ4n) is 1.45. The smallest absolute Gasteiger partial charge is 0.0916 e. The molecule has 0 amide bonds. The standard InChI is InChI=1S/C11H19NO2S/c1-8-7-11(10(3)15-8)9(2)12-14-6-5-13-4/h7,9,12H,5-6H2,1-4H3. The Kier molecular flexibility index (Phi) is 5.25. The van der Waals surface area contributed by atoms with Gasteiger partial charge < -0.3 is 4.74 Å². The van der Waals surface area contributed by atoms with Crippen LogP contribution in [-0.2, 0) is 9.57 Å². The van der Waals surface area contributed by atoms with E-state index < -0.39 is 0 Å². The number of ether oxygens (including phenoxy) is 1. The van der Waals surface area contributed by atoms with E-state index >= 15 is 0 Å². The van der Waals surface area contributed by atoms with Gasteiger partial charge in [0, 0.05) is 16.9 Å². The van der Waals surface area contributed by atoms with Gasteiger partial charge in [-0.3, -0.25) is 4.84 Å². The van der Waals surface area contributed by atoms with Crippen molar-refractivity contribution in [2.45, 2.75) is 26.8 Å². The summed E-state index contributed by atoms with van der Waals surface area (Å²) in [5.41, 5.74) is 4.33. The van der Waals surface area contributed by atoms with Crippen LogP contribution in [0.1, 0.15) is 28.3 Å². The molecule has 0 spiro atoms. The lowest BCUT2D eigenvalue weighted by Gasteiger charge is -2.13. The molecule has 1 aromatic heterocycles. The van der Waals surface area contributed by atoms with Gasteiger partial charge in [-0.25, -0.2) is 0 Å². The number of nitrogens with one attached hydrogen (secondary N) is 1. The maximum Gasteiger partial charge on any atom is 0.0916 e. The maximum atomic E-state index is 5.28. The Morgan fingerprint density at radius 3 is 2.67 bits per heavy atom. The second kappa shape index (κ2) is 6.23. The summed E-state index contributed by atoms with van der Waals surface area (Å²) < 4.78 is 4.89. The van der Waals surface area contributed by atoms with E-state index in [9.17, 15) is 0 Å². The highest BCUT2D eigenvalue weighted by molar-refractivity contribution is 7.12. The molecule has 0 bridgehead atoms. The Morgan fingerprint density at radius 1 is 1.40 bits per heavy atom. The fourth-order valence-corrected chi connectivity index (χ4v) is 2.48. The predicted molar refractivity (Wildman–Crippen MR) is 63.2 cm³/mol. The second-order valence-electron chi connectivity index (χ2n) is 3.55. The minimum absolute atomic E-state index is 0.229. The molecule has 0 aromatic carbocycles. The zero-order chi connectivity index (χ0) is 11.3. The second-order valence-corrected chi connectivity index (χ2v) is 5.01. The van der Waals surface area contributed by atoms with Crippen LogP contribution in [0, 0.1) is 13.8 Å². The number of thiophene rings is 1. The number of methoxy groups -OCH3 is 1. The number of rotatable bonds is 6. The van der Waals surface area contributed by atoms with E-state index in [0.717, 1.165) is 0 Å². The molecule has 0 fully saturated rings. The third kappa shape index (κ3) is 3.91. The van der Waals surface area contributed by atoms with Crippen LogP contribution in [0.3, 0.4) is 0 Å². The molecule has 1 N–H and O–H groups in total. The van der Waals surface area contributed by atoms with Gasteiger partial charge in [0.05, 0.1) is 19.3 Å². The quantitative estimate of drug-likeness (QED) is 0.601. The molecule has 0 aliphatic carbocycles. The normalized spacial score (nSPS) is 13.1. The molecule has 86 valence electrons. The third-order valence-electron chi connectivity index (χ3n) is 2.20. The molecule has 0 radical (unpaired) electrons. The number of aryl methyl sites for hydroxylation is 2. The van der Waals surface area contributed by atoms with Gasteiger partial charge in [0.15, 0.2) is 0 Å². The monoisotopic (exact) mass is 229 g/mol. The predicted octanol–water partition coefficient (Wildman–Crippen LogP) is 2.59. The molecule has 0 saturated heterocycles. The number of hydroxylamine groups is 1. The van der Waals surface area contributed by atoms with Crippen molar-refractivity contribution in [3.8, 4) is 0 Å². The summed E-state index contributed by atoms with van der Waals surface area (Å²) in [7, 11) is 1.67. The first-order valence-electron chi connectivity index (χ1n) is 5.08. The van der Waals surface area contributed by atoms with Gasteiger partial charge >= 0.3 is 0 Å². The van der Waals surface area contributed by atoms with Gasteiger partial charge in [0.25, 0.3) is 0 Å². The van der Waals surface area contributed by atoms with Crippen LogP contribution < -0.4 is 5.48 Å². The van der Waals surface area contributed by atoms with Gasteiger partial charge in [-0.2, -0.15) is 5.48 Å². The van der Waals surface area contributed by atoms with E-state index in [1.165, 1.54) is 15.3 Å². The molecular weight excluding hydrogens is 210 g/mol. The van der Waals surface area contributed by atoms with Crippen LogP contribution >= 0.6 is 11.3 Å². The third-order valence-corrected chi connectivity index (χ3v) is 3.18. The average molecular weight is 229 g/mol. The van der Waals surface area contributed by atoms with Crippen LogP contribution in [-0.4, -0.2) is 20.3 Å². The van der Waals surface area contributed by atoms with Crippen molar-refractivity contribution in [2.75, 3.05) is 20.3 Å². The van der Waals surface area contributed by atoms with Crippen molar-refractivity contribution in [1.29, 1.82) is 0 Å². The highest BCUT2D eigenvalue weighted by atomic mass is 32.1. The van der Waals surface area contributed by atoms with Crippen molar-refractivity contribution in [3.05, 3.63) is 21.4 Å². The van der Waals surface area contributed by atoms with Crippen molar-refractivity contribution >= 4 is 11.3 Å². The SMILES string of the molecule is COCCONC(C)c1cc(C)sc1C. The summed E-state index contributed by atoms with van der Waals surface area (Å²) >= 11 is 1.82. The molecule has 0 aliphatic heterocycles. The van der Waals surface area contributed by atoms with Gasteiger partial charge in [0.2, 0.25) is 0 Å². The van der Waals surface area contributed by atoms with Crippen LogP contribution in [0.2, 0.25) is 0 Å². The minimum Gasteiger partial charge on any atom is -0.382 e. The largest absolute Gasteiger partial charge is 0.382 e. The Hall–Kier alpha value is -0.420. The molecule has 4 heteroatoms. The molecule has 1 atom stereocenters. The molecule has 1 heterocycles. The lowest BCUT2D eigenvalue weighted by atomic mass is 10.1. The minimum atomic E-state index is 0.229. The summed E-state index contributed by atoms with van der Waals surface area (Å²) in [6.07, 6.45) is 0. The molecule has 3 nitrogen and oxygen atoms in total. The Morgan fingerprint density at radius 2 is 2.13 bits per heavy atom. The van der Waals surface area contributed by atoms with E-state index in [4.69, 9.17) is 9.57 Å². The van der Waals surface area contributed by atoms with Gasteiger partial charge in [0.1, 0.15) is 0 Å². The summed E-state index contributed by atoms with van der Waals surface area (Å²) in [5.74, 6) is 0. The Labute approximate surface area is 95.4 Å². The van der Waals surface area contributed by atoms with E-state index in [1.54, 1.807) is 7.11 Å². The van der Waals surface area contributed by atoms with E-state index in [2.05, 4.69) is 32.3 Å². The molecule has 1 unspecified atom stereocenters.